The van der Waals surface area contributed by atoms with Crippen molar-refractivity contribution >= 4 is 17.7 Å². The van der Waals surface area contributed by atoms with Crippen LogP contribution in [0.25, 0.3) is 0 Å². The van der Waals surface area contributed by atoms with Gasteiger partial charge in [-0.3, -0.25) is 5.21 Å². The van der Waals surface area contributed by atoms with Gasteiger partial charge >= 0.3 is 11.9 Å². The number of nitrogens with zero attached hydrogens (tertiary/aromatic N) is 1. The van der Waals surface area contributed by atoms with E-state index in [1.54, 1.807) is 44.2 Å². The molecule has 124 valence electrons. The zero-order valence-electron chi connectivity index (χ0n) is 13.3. The summed E-state index contributed by atoms with van der Waals surface area (Å²) in [5, 5.41) is 12.0. The fourth-order valence-corrected chi connectivity index (χ4v) is 2.65. The molecule has 1 atom stereocenters. The van der Waals surface area contributed by atoms with E-state index in [9.17, 15) is 14.8 Å². The second-order valence-corrected chi connectivity index (χ2v) is 5.01. The maximum Gasteiger partial charge on any atom is 0.341 e. The minimum absolute atomic E-state index is 0.0444. The van der Waals surface area contributed by atoms with E-state index in [0.717, 1.165) is 0 Å². The number of carbonyl (C=O) groups is 2. The minimum Gasteiger partial charge on any atom is -0.464 e. The molecule has 1 heterocycles. The first-order chi connectivity index (χ1) is 11.0. The minimum atomic E-state index is -2.17. The summed E-state index contributed by atoms with van der Waals surface area (Å²) in [4.78, 5) is 30.4. The molecule has 0 aromatic heterocycles. The molecular formula is C16H19NO6. The zero-order valence-corrected chi connectivity index (χ0v) is 13.3. The lowest BCUT2D eigenvalue weighted by molar-refractivity contribution is -0.744. The van der Waals surface area contributed by atoms with E-state index in [-0.39, 0.29) is 23.8 Å². The molecule has 1 aliphatic heterocycles. The summed E-state index contributed by atoms with van der Waals surface area (Å²) in [5.74, 6) is -2.80. The van der Waals surface area contributed by atoms with Crippen LogP contribution in [0.2, 0.25) is 0 Å². The maximum absolute atomic E-state index is 12.5. The molecule has 0 saturated carbocycles. The second-order valence-electron chi connectivity index (χ2n) is 5.01. The highest BCUT2D eigenvalue weighted by molar-refractivity contribution is 6.11. The molecule has 0 fully saturated rings. The molecule has 23 heavy (non-hydrogen) atoms. The van der Waals surface area contributed by atoms with Crippen LogP contribution in [0.3, 0.4) is 0 Å². The van der Waals surface area contributed by atoms with Crippen LogP contribution in [-0.4, -0.2) is 41.4 Å². The number of benzene rings is 1. The number of esters is 2. The summed E-state index contributed by atoms with van der Waals surface area (Å²) < 4.78 is 10.0. The monoisotopic (exact) mass is 321 g/mol. The molecule has 0 amide bonds. The van der Waals surface area contributed by atoms with Gasteiger partial charge < -0.3 is 14.3 Å². The first-order valence-electron chi connectivity index (χ1n) is 7.38. The second kappa shape index (κ2) is 6.68. The van der Waals surface area contributed by atoms with Gasteiger partial charge in [0, 0.05) is 11.8 Å². The summed E-state index contributed by atoms with van der Waals surface area (Å²) in [6.07, 6.45) is 0. The molecule has 0 spiro atoms. The van der Waals surface area contributed by atoms with Crippen LogP contribution in [0, 0.1) is 5.21 Å². The van der Waals surface area contributed by atoms with Crippen molar-refractivity contribution < 1.29 is 28.8 Å². The quantitative estimate of drug-likeness (QED) is 0.464. The molecule has 0 bridgehead atoms. The van der Waals surface area contributed by atoms with Gasteiger partial charge in [-0.2, -0.15) is 0 Å². The average molecular weight is 321 g/mol. The third-order valence-corrected chi connectivity index (χ3v) is 3.63. The Balaban J connectivity index is 2.59. The summed E-state index contributed by atoms with van der Waals surface area (Å²) in [7, 11) is 0. The van der Waals surface area contributed by atoms with Crippen LogP contribution in [0.1, 0.15) is 32.3 Å². The predicted octanol–water partition coefficient (Wildman–Crippen LogP) is 1.55. The Hall–Kier alpha value is -2.57. The lowest BCUT2D eigenvalue weighted by Crippen LogP contribution is -2.54. The molecule has 0 unspecified atom stereocenters. The van der Waals surface area contributed by atoms with E-state index in [1.165, 1.54) is 6.92 Å². The third-order valence-electron chi connectivity index (χ3n) is 3.63. The number of hydrogen-bond acceptors (Lipinski definition) is 6. The Bertz CT molecular complexity index is 607. The van der Waals surface area contributed by atoms with Crippen molar-refractivity contribution in [3.8, 4) is 0 Å². The van der Waals surface area contributed by atoms with Gasteiger partial charge in [-0.15, -0.1) is 0 Å². The van der Waals surface area contributed by atoms with Gasteiger partial charge in [0.05, 0.1) is 13.2 Å². The van der Waals surface area contributed by atoms with Gasteiger partial charge in [0.2, 0.25) is 5.71 Å². The van der Waals surface area contributed by atoms with Crippen LogP contribution >= 0.6 is 0 Å². The Morgan fingerprint density at radius 1 is 1.17 bits per heavy atom. The van der Waals surface area contributed by atoms with Crippen molar-refractivity contribution in [1.82, 2.24) is 0 Å². The van der Waals surface area contributed by atoms with Crippen LogP contribution in [0.15, 0.2) is 30.3 Å². The van der Waals surface area contributed by atoms with Gasteiger partial charge in [-0.25, -0.2) is 9.59 Å². The van der Waals surface area contributed by atoms with Crippen LogP contribution in [0.5, 0.6) is 0 Å². The molecular weight excluding hydrogens is 302 g/mol. The van der Waals surface area contributed by atoms with Gasteiger partial charge in [0.1, 0.15) is 5.92 Å². The lowest BCUT2D eigenvalue weighted by Gasteiger charge is -2.30. The summed E-state index contributed by atoms with van der Waals surface area (Å²) in [6, 6.07) is 8.71. The molecule has 0 radical (unpaired) electrons. The first kappa shape index (κ1) is 16.8. The SMILES string of the molecule is CCOC(=O)C1(C(=O)OCC)O[N+]([O-])=C(C)[C@@H]1c1ccccc1. The van der Waals surface area contributed by atoms with Crippen molar-refractivity contribution in [1.29, 1.82) is 0 Å². The van der Waals surface area contributed by atoms with Gasteiger partial charge in [-0.05, 0) is 19.4 Å². The Morgan fingerprint density at radius 2 is 1.70 bits per heavy atom. The number of rotatable bonds is 5. The van der Waals surface area contributed by atoms with E-state index in [2.05, 4.69) is 0 Å². The molecule has 0 aliphatic carbocycles. The van der Waals surface area contributed by atoms with E-state index < -0.39 is 23.5 Å². The smallest absolute Gasteiger partial charge is 0.341 e. The molecule has 0 N–H and O–H groups in total. The molecule has 2 rings (SSSR count). The van der Waals surface area contributed by atoms with Gasteiger partial charge in [0.25, 0.3) is 5.60 Å². The molecule has 1 aromatic rings. The van der Waals surface area contributed by atoms with Crippen LogP contribution < -0.4 is 0 Å². The lowest BCUT2D eigenvalue weighted by atomic mass is 9.79. The topological polar surface area (TPSA) is 87.9 Å². The standard InChI is InChI=1S/C16H19NO6/c1-4-21-14(18)16(15(19)22-5-2)13(11(3)17(20)23-16)12-9-7-6-8-10-12/h6-10,13H,4-5H2,1-3H3/t13-/m1/s1. The van der Waals surface area contributed by atoms with Crippen molar-refractivity contribution in [2.45, 2.75) is 32.3 Å². The third kappa shape index (κ3) is 2.74. The number of hydrogen-bond donors (Lipinski definition) is 0. The van der Waals surface area contributed by atoms with E-state index >= 15 is 0 Å². The Morgan fingerprint density at radius 3 is 2.17 bits per heavy atom. The van der Waals surface area contributed by atoms with Crippen LogP contribution in [0.4, 0.5) is 0 Å². The van der Waals surface area contributed by atoms with Gasteiger partial charge in [-0.1, -0.05) is 30.3 Å². The summed E-state index contributed by atoms with van der Waals surface area (Å²) in [5.41, 5.74) is -1.40. The van der Waals surface area contributed by atoms with Crippen molar-refractivity contribution in [2.24, 2.45) is 0 Å². The largest absolute Gasteiger partial charge is 0.464 e. The molecule has 1 aromatic carbocycles. The zero-order chi connectivity index (χ0) is 17.0. The fourth-order valence-electron chi connectivity index (χ4n) is 2.65. The summed E-state index contributed by atoms with van der Waals surface area (Å²) in [6.45, 7) is 4.81. The first-order valence-corrected chi connectivity index (χ1v) is 7.38. The highest BCUT2D eigenvalue weighted by atomic mass is 16.9. The molecule has 7 heteroatoms. The average Bonchev–Trinajstić information content (AvgIpc) is 2.81. The van der Waals surface area contributed by atoms with Crippen molar-refractivity contribution in [2.75, 3.05) is 13.2 Å². The van der Waals surface area contributed by atoms with Crippen molar-refractivity contribution in [3.63, 3.8) is 0 Å². The molecule has 0 saturated heterocycles. The predicted molar refractivity (Wildman–Crippen MR) is 80.6 cm³/mol. The number of ether oxygens (including phenoxy) is 2. The summed E-state index contributed by atoms with van der Waals surface area (Å²) >= 11 is 0. The van der Waals surface area contributed by atoms with Crippen molar-refractivity contribution in [3.05, 3.63) is 41.1 Å². The normalized spacial score (nSPS) is 19.2. The van der Waals surface area contributed by atoms with Crippen LogP contribution in [-0.2, 0) is 23.9 Å². The fraction of sp³-hybridized carbons (Fsp3) is 0.438. The molecule has 7 nitrogen and oxygen atoms in total. The Labute approximate surface area is 134 Å². The molecule has 1 aliphatic rings. The van der Waals surface area contributed by atoms with E-state index in [4.69, 9.17) is 14.3 Å². The van der Waals surface area contributed by atoms with E-state index in [0.29, 0.717) is 5.56 Å². The highest BCUT2D eigenvalue weighted by Gasteiger charge is 2.63. The highest BCUT2D eigenvalue weighted by Crippen LogP contribution is 2.40. The maximum atomic E-state index is 12.5. The number of carbonyl (C=O) groups excluding carboxylic acids is 2. The van der Waals surface area contributed by atoms with Gasteiger partial charge in [0.15, 0.2) is 0 Å². The Kier molecular flexibility index (Phi) is 4.88. The van der Waals surface area contributed by atoms with E-state index in [1.807, 2.05) is 0 Å².